The van der Waals surface area contributed by atoms with Gasteiger partial charge >= 0.3 is 5.97 Å². The van der Waals surface area contributed by atoms with Gasteiger partial charge in [0.1, 0.15) is 5.25 Å². The Bertz CT molecular complexity index is 631. The summed E-state index contributed by atoms with van der Waals surface area (Å²) >= 11 is 1.17. The molecule has 2 N–H and O–H groups in total. The number of nitrogens with one attached hydrogen (secondary N) is 2. The third kappa shape index (κ3) is 5.73. The molecular formula is C17H20N2O4S. The van der Waals surface area contributed by atoms with Gasteiger partial charge in [0, 0.05) is 12.6 Å². The van der Waals surface area contributed by atoms with E-state index in [0.717, 1.165) is 12.0 Å². The van der Waals surface area contributed by atoms with Gasteiger partial charge in [-0.05, 0) is 18.9 Å². The van der Waals surface area contributed by atoms with Crippen molar-refractivity contribution < 1.29 is 19.1 Å². The Morgan fingerprint density at radius 3 is 2.79 bits per heavy atom. The highest BCUT2D eigenvalue weighted by molar-refractivity contribution is 8.04. The first-order valence-corrected chi connectivity index (χ1v) is 8.63. The zero-order valence-corrected chi connectivity index (χ0v) is 14.2. The van der Waals surface area contributed by atoms with Crippen molar-refractivity contribution in [1.29, 1.82) is 0 Å². The van der Waals surface area contributed by atoms with Crippen molar-refractivity contribution >= 4 is 29.5 Å². The van der Waals surface area contributed by atoms with E-state index in [4.69, 9.17) is 4.74 Å². The van der Waals surface area contributed by atoms with Gasteiger partial charge < -0.3 is 15.4 Å². The van der Waals surface area contributed by atoms with E-state index in [-0.39, 0.29) is 24.8 Å². The Kier molecular flexibility index (Phi) is 6.87. The van der Waals surface area contributed by atoms with E-state index < -0.39 is 11.2 Å². The summed E-state index contributed by atoms with van der Waals surface area (Å²) in [6.07, 6.45) is 2.08. The fourth-order valence-corrected chi connectivity index (χ4v) is 3.19. The van der Waals surface area contributed by atoms with Crippen molar-refractivity contribution in [3.63, 3.8) is 0 Å². The van der Waals surface area contributed by atoms with E-state index in [1.54, 1.807) is 6.92 Å². The van der Waals surface area contributed by atoms with Crippen molar-refractivity contribution in [3.05, 3.63) is 47.0 Å². The summed E-state index contributed by atoms with van der Waals surface area (Å²) in [5.74, 6) is -0.972. The highest BCUT2D eigenvalue weighted by Crippen LogP contribution is 2.29. The minimum absolute atomic E-state index is 0.00267. The van der Waals surface area contributed by atoms with Crippen molar-refractivity contribution in [2.75, 3.05) is 13.2 Å². The number of carbonyl (C=O) groups excluding carboxylic acids is 3. The molecule has 0 radical (unpaired) electrons. The van der Waals surface area contributed by atoms with E-state index in [9.17, 15) is 14.4 Å². The van der Waals surface area contributed by atoms with Crippen LogP contribution in [0.15, 0.2) is 41.4 Å². The second-order valence-electron chi connectivity index (χ2n) is 5.14. The maximum Gasteiger partial charge on any atom is 0.307 e. The number of rotatable bonds is 7. The first-order valence-electron chi connectivity index (χ1n) is 7.75. The van der Waals surface area contributed by atoms with Crippen LogP contribution in [0.2, 0.25) is 0 Å². The topological polar surface area (TPSA) is 84.5 Å². The van der Waals surface area contributed by atoms with Crippen LogP contribution in [-0.2, 0) is 25.5 Å². The summed E-state index contributed by atoms with van der Waals surface area (Å²) in [6.45, 7) is 2.51. The van der Waals surface area contributed by atoms with E-state index >= 15 is 0 Å². The van der Waals surface area contributed by atoms with E-state index in [2.05, 4.69) is 10.6 Å². The van der Waals surface area contributed by atoms with Crippen LogP contribution in [0.5, 0.6) is 0 Å². The molecule has 7 heteroatoms. The molecule has 1 saturated heterocycles. The SMILES string of the molecule is CCOC(=O)CC1S/C(=C\C(=O)NCCc2ccccc2)NC1=O. The van der Waals surface area contributed by atoms with E-state index in [0.29, 0.717) is 11.6 Å². The maximum absolute atomic E-state index is 11.9. The molecule has 1 aromatic carbocycles. The lowest BCUT2D eigenvalue weighted by molar-refractivity contribution is -0.144. The lowest BCUT2D eigenvalue weighted by Gasteiger charge is -2.04. The van der Waals surface area contributed by atoms with Gasteiger partial charge in [-0.1, -0.05) is 42.1 Å². The normalized spacial score (nSPS) is 18.3. The number of carbonyl (C=O) groups is 3. The Morgan fingerprint density at radius 1 is 1.33 bits per heavy atom. The molecule has 1 aliphatic heterocycles. The molecule has 0 aromatic heterocycles. The van der Waals surface area contributed by atoms with Crippen LogP contribution in [0.1, 0.15) is 18.9 Å². The van der Waals surface area contributed by atoms with Crippen molar-refractivity contribution in [2.45, 2.75) is 25.0 Å². The van der Waals surface area contributed by atoms with Crippen LogP contribution < -0.4 is 10.6 Å². The quantitative estimate of drug-likeness (QED) is 0.574. The Balaban J connectivity index is 1.77. The van der Waals surface area contributed by atoms with Crippen molar-refractivity contribution in [3.8, 4) is 0 Å². The van der Waals surface area contributed by atoms with Gasteiger partial charge in [0.2, 0.25) is 11.8 Å². The molecule has 1 aromatic rings. The molecule has 2 amide bonds. The van der Waals surface area contributed by atoms with Crippen LogP contribution in [-0.4, -0.2) is 36.2 Å². The van der Waals surface area contributed by atoms with Gasteiger partial charge in [0.15, 0.2) is 0 Å². The van der Waals surface area contributed by atoms with Crippen molar-refractivity contribution in [1.82, 2.24) is 10.6 Å². The summed E-state index contributed by atoms with van der Waals surface area (Å²) in [7, 11) is 0. The van der Waals surface area contributed by atoms with Gasteiger partial charge in [0.25, 0.3) is 0 Å². The molecule has 1 aliphatic rings. The molecule has 128 valence electrons. The van der Waals surface area contributed by atoms with Crippen LogP contribution in [0.25, 0.3) is 0 Å². The number of amides is 2. The highest BCUT2D eigenvalue weighted by Gasteiger charge is 2.31. The molecule has 0 spiro atoms. The van der Waals surface area contributed by atoms with E-state index in [1.165, 1.54) is 17.8 Å². The van der Waals surface area contributed by atoms with Crippen LogP contribution in [0.3, 0.4) is 0 Å². The zero-order valence-electron chi connectivity index (χ0n) is 13.4. The standard InChI is InChI=1S/C17H20N2O4S/c1-2-23-16(21)10-13-17(22)19-15(24-13)11-14(20)18-9-8-12-6-4-3-5-7-12/h3-7,11,13H,2,8-10H2,1H3,(H,18,20)(H,19,22)/b15-11-. The summed E-state index contributed by atoms with van der Waals surface area (Å²) in [6, 6.07) is 9.84. The predicted molar refractivity (Wildman–Crippen MR) is 92.0 cm³/mol. The third-order valence-electron chi connectivity index (χ3n) is 3.28. The van der Waals surface area contributed by atoms with Gasteiger partial charge in [0.05, 0.1) is 18.1 Å². The molecule has 1 atom stereocenters. The fourth-order valence-electron chi connectivity index (χ4n) is 2.16. The number of hydrogen-bond donors (Lipinski definition) is 2. The maximum atomic E-state index is 11.9. The second kappa shape index (κ2) is 9.12. The lowest BCUT2D eigenvalue weighted by Crippen LogP contribution is -2.26. The molecule has 1 unspecified atom stereocenters. The fraction of sp³-hybridized carbons (Fsp3) is 0.353. The second-order valence-corrected chi connectivity index (χ2v) is 6.38. The molecule has 0 saturated carbocycles. The third-order valence-corrected chi connectivity index (χ3v) is 4.42. The number of ether oxygens (including phenoxy) is 1. The Morgan fingerprint density at radius 2 is 2.08 bits per heavy atom. The van der Waals surface area contributed by atoms with Gasteiger partial charge in [-0.2, -0.15) is 0 Å². The molecule has 2 rings (SSSR count). The van der Waals surface area contributed by atoms with Gasteiger partial charge in [-0.3, -0.25) is 14.4 Å². The molecule has 6 nitrogen and oxygen atoms in total. The monoisotopic (exact) mass is 348 g/mol. The van der Waals surface area contributed by atoms with Crippen molar-refractivity contribution in [2.24, 2.45) is 0 Å². The molecular weight excluding hydrogens is 328 g/mol. The van der Waals surface area contributed by atoms with Crippen LogP contribution in [0.4, 0.5) is 0 Å². The zero-order chi connectivity index (χ0) is 17.4. The predicted octanol–water partition coefficient (Wildman–Crippen LogP) is 1.37. The minimum atomic E-state index is -0.549. The lowest BCUT2D eigenvalue weighted by atomic mass is 10.1. The number of esters is 1. The summed E-state index contributed by atoms with van der Waals surface area (Å²) in [5, 5.41) is 5.29. The van der Waals surface area contributed by atoms with E-state index in [1.807, 2.05) is 30.3 Å². The number of benzene rings is 1. The Labute approximate surface area is 145 Å². The van der Waals surface area contributed by atoms with Gasteiger partial charge in [-0.25, -0.2) is 0 Å². The van der Waals surface area contributed by atoms with Crippen LogP contribution >= 0.6 is 11.8 Å². The summed E-state index contributed by atoms with van der Waals surface area (Å²) in [4.78, 5) is 35.1. The summed E-state index contributed by atoms with van der Waals surface area (Å²) in [5.41, 5.74) is 1.14. The highest BCUT2D eigenvalue weighted by atomic mass is 32.2. The smallest absolute Gasteiger partial charge is 0.307 e. The molecule has 1 fully saturated rings. The molecule has 1 heterocycles. The number of thioether (sulfide) groups is 1. The summed E-state index contributed by atoms with van der Waals surface area (Å²) < 4.78 is 4.83. The average Bonchev–Trinajstić information content (AvgIpc) is 2.88. The first-order chi connectivity index (χ1) is 11.6. The van der Waals surface area contributed by atoms with Crippen LogP contribution in [0, 0.1) is 0 Å². The Hall–Kier alpha value is -2.28. The largest absolute Gasteiger partial charge is 0.466 e. The number of hydrogen-bond acceptors (Lipinski definition) is 5. The van der Waals surface area contributed by atoms with Gasteiger partial charge in [-0.15, -0.1) is 0 Å². The molecule has 24 heavy (non-hydrogen) atoms. The minimum Gasteiger partial charge on any atom is -0.466 e. The average molecular weight is 348 g/mol. The molecule has 0 aliphatic carbocycles. The first kappa shape index (κ1) is 18.1. The molecule has 0 bridgehead atoms.